The lowest BCUT2D eigenvalue weighted by atomic mass is 10.1. The molecule has 0 bridgehead atoms. The molecule has 2 aliphatic rings. The Bertz CT molecular complexity index is 1130. The standard InChI is InChI=1S/C22H23F2N3O5/c1-2-3-4-14-9-27-17(32-14)11-26-10-15(19(28)20(29)18(26)22(27)31)21(30)25-8-12-5-6-13(23)7-16(12)24/h5-7,10,14,17,29H,2-4,8-9,11H2,1H3,(H,25,30)/t14-,17?/m0/s1. The number of halogens is 2. The number of fused-ring (bicyclic) bond motifs is 2. The lowest BCUT2D eigenvalue weighted by Crippen LogP contribution is -2.46. The number of amides is 2. The number of pyridine rings is 1. The normalized spacial score (nSPS) is 19.6. The molecule has 0 aliphatic carbocycles. The summed E-state index contributed by atoms with van der Waals surface area (Å²) in [6, 6.07) is 2.92. The maximum absolute atomic E-state index is 13.8. The molecule has 3 heterocycles. The Morgan fingerprint density at radius 2 is 2.06 bits per heavy atom. The van der Waals surface area contributed by atoms with Crippen LogP contribution in [0.4, 0.5) is 8.78 Å². The second-order valence-corrected chi connectivity index (χ2v) is 7.95. The molecule has 0 spiro atoms. The molecule has 0 radical (unpaired) electrons. The molecule has 8 nitrogen and oxygen atoms in total. The van der Waals surface area contributed by atoms with E-state index in [9.17, 15) is 28.3 Å². The van der Waals surface area contributed by atoms with E-state index in [1.807, 2.05) is 0 Å². The van der Waals surface area contributed by atoms with E-state index in [4.69, 9.17) is 4.74 Å². The molecule has 2 amide bonds. The third-order valence-corrected chi connectivity index (χ3v) is 5.75. The molecule has 2 N–H and O–H groups in total. The zero-order chi connectivity index (χ0) is 23.0. The highest BCUT2D eigenvalue weighted by Gasteiger charge is 2.42. The van der Waals surface area contributed by atoms with Gasteiger partial charge in [0.1, 0.15) is 17.2 Å². The van der Waals surface area contributed by atoms with Gasteiger partial charge >= 0.3 is 0 Å². The highest BCUT2D eigenvalue weighted by atomic mass is 19.1. The molecule has 32 heavy (non-hydrogen) atoms. The van der Waals surface area contributed by atoms with Crippen LogP contribution >= 0.6 is 0 Å². The minimum Gasteiger partial charge on any atom is -0.503 e. The van der Waals surface area contributed by atoms with E-state index in [-0.39, 0.29) is 30.5 Å². The molecule has 2 aromatic rings. The minimum atomic E-state index is -0.997. The summed E-state index contributed by atoms with van der Waals surface area (Å²) in [5.41, 5.74) is -1.55. The van der Waals surface area contributed by atoms with Crippen molar-refractivity contribution in [2.24, 2.45) is 0 Å². The molecular weight excluding hydrogens is 424 g/mol. The highest BCUT2D eigenvalue weighted by molar-refractivity contribution is 5.99. The van der Waals surface area contributed by atoms with Crippen molar-refractivity contribution in [3.05, 3.63) is 63.1 Å². The van der Waals surface area contributed by atoms with E-state index < -0.39 is 46.4 Å². The summed E-state index contributed by atoms with van der Waals surface area (Å²) in [6.07, 6.45) is 3.27. The summed E-state index contributed by atoms with van der Waals surface area (Å²) in [5.74, 6) is -3.79. The van der Waals surface area contributed by atoms with Gasteiger partial charge in [-0.3, -0.25) is 14.4 Å². The van der Waals surface area contributed by atoms with Crippen molar-refractivity contribution < 1.29 is 28.2 Å². The van der Waals surface area contributed by atoms with Crippen molar-refractivity contribution in [1.29, 1.82) is 0 Å². The van der Waals surface area contributed by atoms with Crippen LogP contribution in [-0.4, -0.2) is 45.3 Å². The summed E-state index contributed by atoms with van der Waals surface area (Å²) >= 11 is 0. The maximum atomic E-state index is 13.8. The van der Waals surface area contributed by atoms with Gasteiger partial charge in [0.2, 0.25) is 5.43 Å². The van der Waals surface area contributed by atoms with Crippen molar-refractivity contribution in [2.75, 3.05) is 6.54 Å². The van der Waals surface area contributed by atoms with Crippen molar-refractivity contribution in [3.8, 4) is 5.75 Å². The Balaban J connectivity index is 1.56. The number of nitrogens with one attached hydrogen (secondary N) is 1. The second kappa shape index (κ2) is 8.70. The third kappa shape index (κ3) is 3.97. The Hall–Kier alpha value is -3.27. The molecule has 4 rings (SSSR count). The van der Waals surface area contributed by atoms with Gasteiger partial charge in [0.25, 0.3) is 11.8 Å². The van der Waals surface area contributed by atoms with Crippen LogP contribution in [0.1, 0.15) is 52.6 Å². The SMILES string of the molecule is CCCC[C@H]1CN2C(=O)c3c(O)c(=O)c(C(=O)NCc4ccc(F)cc4F)cn3CC2O1. The Labute approximate surface area is 182 Å². The number of carbonyl (C=O) groups excluding carboxylic acids is 2. The number of ether oxygens (including phenoxy) is 1. The molecule has 1 aromatic carbocycles. The fourth-order valence-corrected chi connectivity index (χ4v) is 4.04. The van der Waals surface area contributed by atoms with E-state index in [0.29, 0.717) is 12.6 Å². The third-order valence-electron chi connectivity index (χ3n) is 5.75. The van der Waals surface area contributed by atoms with E-state index in [2.05, 4.69) is 12.2 Å². The summed E-state index contributed by atoms with van der Waals surface area (Å²) < 4.78 is 34.1. The zero-order valence-corrected chi connectivity index (χ0v) is 17.4. The summed E-state index contributed by atoms with van der Waals surface area (Å²) in [4.78, 5) is 39.6. The molecular formula is C22H23F2N3O5. The number of rotatable bonds is 6. The van der Waals surface area contributed by atoms with Crippen LogP contribution in [0.15, 0.2) is 29.2 Å². The number of aromatic hydroxyl groups is 1. The van der Waals surface area contributed by atoms with Crippen LogP contribution in [0.5, 0.6) is 5.75 Å². The fraction of sp³-hybridized carbons (Fsp3) is 0.409. The zero-order valence-electron chi connectivity index (χ0n) is 17.4. The summed E-state index contributed by atoms with van der Waals surface area (Å²) in [5, 5.41) is 12.8. The molecule has 10 heteroatoms. The average molecular weight is 447 g/mol. The van der Waals surface area contributed by atoms with Gasteiger partial charge in [-0.2, -0.15) is 0 Å². The minimum absolute atomic E-state index is 0.0327. The van der Waals surface area contributed by atoms with Gasteiger partial charge in [-0.15, -0.1) is 0 Å². The van der Waals surface area contributed by atoms with E-state index in [1.54, 1.807) is 0 Å². The monoisotopic (exact) mass is 447 g/mol. The summed E-state index contributed by atoms with van der Waals surface area (Å²) in [6.45, 7) is 2.31. The van der Waals surface area contributed by atoms with Gasteiger partial charge in [-0.1, -0.05) is 25.8 Å². The van der Waals surface area contributed by atoms with Crippen LogP contribution in [0.2, 0.25) is 0 Å². The predicted octanol–water partition coefficient (Wildman–Crippen LogP) is 2.13. The van der Waals surface area contributed by atoms with Crippen LogP contribution in [0.25, 0.3) is 0 Å². The van der Waals surface area contributed by atoms with E-state index in [1.165, 1.54) is 21.7 Å². The molecule has 1 saturated heterocycles. The maximum Gasteiger partial charge on any atom is 0.276 e. The van der Waals surface area contributed by atoms with Crippen LogP contribution in [0, 0.1) is 11.6 Å². The number of carbonyl (C=O) groups is 2. The second-order valence-electron chi connectivity index (χ2n) is 7.95. The molecule has 170 valence electrons. The van der Waals surface area contributed by atoms with Gasteiger partial charge in [-0.25, -0.2) is 8.78 Å². The molecule has 0 saturated carbocycles. The van der Waals surface area contributed by atoms with Gasteiger partial charge in [0.15, 0.2) is 17.7 Å². The lowest BCUT2D eigenvalue weighted by Gasteiger charge is -2.31. The summed E-state index contributed by atoms with van der Waals surface area (Å²) in [7, 11) is 0. The van der Waals surface area contributed by atoms with Crippen LogP contribution < -0.4 is 10.7 Å². The topological polar surface area (TPSA) is 101 Å². The largest absolute Gasteiger partial charge is 0.503 e. The Morgan fingerprint density at radius 1 is 1.28 bits per heavy atom. The first-order valence-corrected chi connectivity index (χ1v) is 10.4. The van der Waals surface area contributed by atoms with Gasteiger partial charge < -0.3 is 24.6 Å². The number of benzene rings is 1. The molecule has 1 unspecified atom stereocenters. The fourth-order valence-electron chi connectivity index (χ4n) is 4.04. The molecule has 1 fully saturated rings. The number of nitrogens with zero attached hydrogens (tertiary/aromatic N) is 2. The lowest BCUT2D eigenvalue weighted by molar-refractivity contribution is -0.0168. The molecule has 1 aromatic heterocycles. The van der Waals surface area contributed by atoms with Crippen LogP contribution in [-0.2, 0) is 17.8 Å². The average Bonchev–Trinajstić information content (AvgIpc) is 3.17. The van der Waals surface area contributed by atoms with Crippen LogP contribution in [0.3, 0.4) is 0 Å². The first-order valence-electron chi connectivity index (χ1n) is 10.4. The van der Waals surface area contributed by atoms with Crippen molar-refractivity contribution in [1.82, 2.24) is 14.8 Å². The number of hydrogen-bond donors (Lipinski definition) is 2. The predicted molar refractivity (Wildman–Crippen MR) is 109 cm³/mol. The Kier molecular flexibility index (Phi) is 5.96. The smallest absolute Gasteiger partial charge is 0.276 e. The first-order chi connectivity index (χ1) is 15.3. The van der Waals surface area contributed by atoms with Crippen molar-refractivity contribution in [2.45, 2.75) is 51.6 Å². The molecule has 2 atom stereocenters. The number of aromatic nitrogens is 1. The van der Waals surface area contributed by atoms with E-state index in [0.717, 1.165) is 25.3 Å². The van der Waals surface area contributed by atoms with Crippen molar-refractivity contribution in [3.63, 3.8) is 0 Å². The quantitative estimate of drug-likeness (QED) is 0.707. The van der Waals surface area contributed by atoms with Crippen molar-refractivity contribution >= 4 is 11.8 Å². The van der Waals surface area contributed by atoms with Gasteiger partial charge in [0.05, 0.1) is 12.6 Å². The number of hydrogen-bond acceptors (Lipinski definition) is 5. The molecule has 2 aliphatic heterocycles. The highest BCUT2D eigenvalue weighted by Crippen LogP contribution is 2.30. The van der Waals surface area contributed by atoms with E-state index >= 15 is 0 Å². The number of unbranched alkanes of at least 4 members (excludes halogenated alkanes) is 1. The first kappa shape index (κ1) is 21.9. The Morgan fingerprint density at radius 3 is 2.78 bits per heavy atom. The van der Waals surface area contributed by atoms with Gasteiger partial charge in [0, 0.05) is 30.9 Å². The van der Waals surface area contributed by atoms with Gasteiger partial charge in [-0.05, 0) is 12.5 Å².